The number of nitro groups is 1. The van der Waals surface area contributed by atoms with Gasteiger partial charge in [0, 0.05) is 17.8 Å². The van der Waals surface area contributed by atoms with Crippen LogP contribution in [0.25, 0.3) is 0 Å². The van der Waals surface area contributed by atoms with Crippen molar-refractivity contribution in [2.24, 2.45) is 0 Å². The van der Waals surface area contributed by atoms with Crippen LogP contribution in [0.2, 0.25) is 0 Å². The largest absolute Gasteiger partial charge is 0.481 e. The van der Waals surface area contributed by atoms with Crippen molar-refractivity contribution in [2.75, 3.05) is 6.54 Å². The van der Waals surface area contributed by atoms with E-state index in [2.05, 4.69) is 30.4 Å². The molecule has 0 rings (SSSR count). The minimum Gasteiger partial charge on any atom is -0.481 e. The molecule has 0 fully saturated rings. The van der Waals surface area contributed by atoms with E-state index in [-0.39, 0.29) is 17.9 Å². The van der Waals surface area contributed by atoms with Crippen molar-refractivity contribution in [3.05, 3.63) is 58.7 Å². The zero-order chi connectivity index (χ0) is 17.2. The number of carbonyl (C=O) groups is 1. The number of aliphatic carboxylic acids is 1. The van der Waals surface area contributed by atoms with Gasteiger partial charge in [-0.25, -0.2) is 0 Å². The number of unbranched alkanes of at least 4 members (excludes halogenated alkanes) is 2. The molecule has 0 aliphatic rings. The molecule has 0 aliphatic heterocycles. The molecule has 0 aliphatic carbocycles. The number of carboxylic acids is 1. The molecule has 128 valence electrons. The van der Waals surface area contributed by atoms with Gasteiger partial charge in [0.2, 0.25) is 6.54 Å². The fourth-order valence-electron chi connectivity index (χ4n) is 1.77. The molecule has 23 heavy (non-hydrogen) atoms. The average molecular weight is 321 g/mol. The van der Waals surface area contributed by atoms with Crippen LogP contribution in [0.15, 0.2) is 48.6 Å². The van der Waals surface area contributed by atoms with Crippen molar-refractivity contribution in [1.82, 2.24) is 0 Å². The van der Waals surface area contributed by atoms with Crippen molar-refractivity contribution >= 4 is 5.97 Å². The summed E-state index contributed by atoms with van der Waals surface area (Å²) in [6.07, 6.45) is 22.2. The fourth-order valence-corrected chi connectivity index (χ4v) is 1.77. The lowest BCUT2D eigenvalue weighted by atomic mass is 10.2. The lowest BCUT2D eigenvalue weighted by Gasteiger charge is -1.92. The van der Waals surface area contributed by atoms with E-state index in [4.69, 9.17) is 5.11 Å². The Balaban J connectivity index is 3.44. The molecule has 0 saturated carbocycles. The van der Waals surface area contributed by atoms with Gasteiger partial charge < -0.3 is 5.11 Å². The van der Waals surface area contributed by atoms with Gasteiger partial charge in [0.1, 0.15) is 0 Å². The van der Waals surface area contributed by atoms with Gasteiger partial charge in [-0.3, -0.25) is 14.9 Å². The first-order chi connectivity index (χ1) is 11.1. The maximum Gasteiger partial charge on any atom is 0.303 e. The summed E-state index contributed by atoms with van der Waals surface area (Å²) >= 11 is 0. The predicted octanol–water partition coefficient (Wildman–Crippen LogP) is 4.69. The first kappa shape index (κ1) is 20.8. The standard InChI is InChI=1S/C18H27NO4/c20-18(21)16-14-12-10-8-6-4-2-1-3-5-7-9-11-13-15-17-19(22)23/h1-2,5-8,11,13H,3-4,9-10,12,14-17H2,(H,20,21). The van der Waals surface area contributed by atoms with E-state index >= 15 is 0 Å². The zero-order valence-electron chi connectivity index (χ0n) is 13.6. The number of allylic oxidation sites excluding steroid dienone is 7. The Morgan fingerprint density at radius 3 is 1.78 bits per heavy atom. The molecule has 0 aromatic rings. The number of hydrogen-bond acceptors (Lipinski definition) is 3. The highest BCUT2D eigenvalue weighted by Crippen LogP contribution is 2.01. The summed E-state index contributed by atoms with van der Waals surface area (Å²) in [5, 5.41) is 18.6. The quantitative estimate of drug-likeness (QED) is 0.218. The molecule has 1 N–H and O–H groups in total. The minimum atomic E-state index is -0.725. The van der Waals surface area contributed by atoms with Crippen molar-refractivity contribution < 1.29 is 14.8 Å². The van der Waals surface area contributed by atoms with Crippen molar-refractivity contribution in [3.63, 3.8) is 0 Å². The van der Waals surface area contributed by atoms with E-state index in [0.717, 1.165) is 38.5 Å². The highest BCUT2D eigenvalue weighted by atomic mass is 16.6. The third-order valence-electron chi connectivity index (χ3n) is 2.97. The highest BCUT2D eigenvalue weighted by molar-refractivity contribution is 5.66. The van der Waals surface area contributed by atoms with Crippen molar-refractivity contribution in [3.8, 4) is 0 Å². The monoisotopic (exact) mass is 321 g/mol. The van der Waals surface area contributed by atoms with Crippen LogP contribution < -0.4 is 0 Å². The summed E-state index contributed by atoms with van der Waals surface area (Å²) in [6.45, 7) is -0.00394. The summed E-state index contributed by atoms with van der Waals surface area (Å²) in [5.74, 6) is -0.725. The van der Waals surface area contributed by atoms with Crippen LogP contribution in [0.3, 0.4) is 0 Å². The second-order valence-electron chi connectivity index (χ2n) is 5.08. The molecular weight excluding hydrogens is 294 g/mol. The van der Waals surface area contributed by atoms with Crippen LogP contribution in [-0.4, -0.2) is 22.5 Å². The molecular formula is C18H27NO4. The number of hydrogen-bond donors (Lipinski definition) is 1. The smallest absolute Gasteiger partial charge is 0.303 e. The number of nitrogens with zero attached hydrogens (tertiary/aromatic N) is 1. The van der Waals surface area contributed by atoms with E-state index in [1.807, 2.05) is 18.2 Å². The van der Waals surface area contributed by atoms with Crippen LogP contribution in [0.1, 0.15) is 51.4 Å². The molecule has 0 radical (unpaired) electrons. The van der Waals surface area contributed by atoms with E-state index in [0.29, 0.717) is 6.42 Å². The van der Waals surface area contributed by atoms with Crippen molar-refractivity contribution in [2.45, 2.75) is 51.4 Å². The molecule has 0 bridgehead atoms. The Morgan fingerprint density at radius 2 is 1.30 bits per heavy atom. The Labute approximate surface area is 138 Å². The summed E-state index contributed by atoms with van der Waals surface area (Å²) in [6, 6.07) is 0. The number of carboxylic acid groups (broad SMARTS) is 1. The van der Waals surface area contributed by atoms with Gasteiger partial charge in [-0.15, -0.1) is 0 Å². The molecule has 0 spiro atoms. The Morgan fingerprint density at radius 1 is 0.826 bits per heavy atom. The normalized spacial score (nSPS) is 12.2. The summed E-state index contributed by atoms with van der Waals surface area (Å²) in [5.41, 5.74) is 0. The fraction of sp³-hybridized carbons (Fsp3) is 0.500. The maximum atomic E-state index is 10.3. The van der Waals surface area contributed by atoms with Gasteiger partial charge in [0.25, 0.3) is 0 Å². The molecule has 0 saturated heterocycles. The first-order valence-electron chi connectivity index (χ1n) is 8.06. The van der Waals surface area contributed by atoms with E-state index < -0.39 is 5.97 Å². The molecule has 0 atom stereocenters. The molecule has 0 unspecified atom stereocenters. The van der Waals surface area contributed by atoms with Gasteiger partial charge >= 0.3 is 5.97 Å². The van der Waals surface area contributed by atoms with Crippen LogP contribution >= 0.6 is 0 Å². The Hall–Kier alpha value is -2.17. The highest BCUT2D eigenvalue weighted by Gasteiger charge is 1.93. The van der Waals surface area contributed by atoms with Gasteiger partial charge in [0.15, 0.2) is 0 Å². The van der Waals surface area contributed by atoms with Crippen molar-refractivity contribution in [1.29, 1.82) is 0 Å². The zero-order valence-corrected chi connectivity index (χ0v) is 13.6. The second-order valence-corrected chi connectivity index (χ2v) is 5.08. The first-order valence-corrected chi connectivity index (χ1v) is 8.06. The Bertz CT molecular complexity index is 436. The average Bonchev–Trinajstić information content (AvgIpc) is 2.49. The Kier molecular flexibility index (Phi) is 14.7. The lowest BCUT2D eigenvalue weighted by molar-refractivity contribution is -0.478. The third-order valence-corrected chi connectivity index (χ3v) is 2.97. The number of rotatable bonds is 14. The second kappa shape index (κ2) is 16.2. The summed E-state index contributed by atoms with van der Waals surface area (Å²) in [4.78, 5) is 20.1. The molecule has 0 amide bonds. The van der Waals surface area contributed by atoms with E-state index in [1.165, 1.54) is 0 Å². The van der Waals surface area contributed by atoms with Crippen LogP contribution in [0.4, 0.5) is 0 Å². The van der Waals surface area contributed by atoms with Crippen LogP contribution in [0, 0.1) is 10.1 Å². The predicted molar refractivity (Wildman–Crippen MR) is 93.0 cm³/mol. The summed E-state index contributed by atoms with van der Waals surface area (Å²) in [7, 11) is 0. The van der Waals surface area contributed by atoms with Gasteiger partial charge in [-0.2, -0.15) is 0 Å². The maximum absolute atomic E-state index is 10.3. The van der Waals surface area contributed by atoms with Gasteiger partial charge in [-0.1, -0.05) is 48.6 Å². The van der Waals surface area contributed by atoms with Crippen LogP contribution in [-0.2, 0) is 4.79 Å². The lowest BCUT2D eigenvalue weighted by Crippen LogP contribution is -1.97. The molecule has 5 nitrogen and oxygen atoms in total. The molecule has 0 heterocycles. The minimum absolute atomic E-state index is 0.00394. The SMILES string of the molecule is O=C(O)CCCCC=CCC=CCC=CCC=CCC[N+](=O)[O-]. The van der Waals surface area contributed by atoms with Gasteiger partial charge in [-0.05, 0) is 38.5 Å². The molecule has 5 heteroatoms. The van der Waals surface area contributed by atoms with Gasteiger partial charge in [0.05, 0.1) is 0 Å². The molecule has 0 aromatic heterocycles. The van der Waals surface area contributed by atoms with Crippen LogP contribution in [0.5, 0.6) is 0 Å². The molecule has 0 aromatic carbocycles. The summed E-state index contributed by atoms with van der Waals surface area (Å²) < 4.78 is 0. The third kappa shape index (κ3) is 19.8. The topological polar surface area (TPSA) is 80.4 Å². The van der Waals surface area contributed by atoms with E-state index in [1.54, 1.807) is 0 Å². The van der Waals surface area contributed by atoms with E-state index in [9.17, 15) is 14.9 Å².